The Balaban J connectivity index is 3.09. The molecule has 0 spiro atoms. The van der Waals surface area contributed by atoms with Crippen molar-refractivity contribution in [3.63, 3.8) is 0 Å². The fraction of sp³-hybridized carbons (Fsp3) is 0.200. The summed E-state index contributed by atoms with van der Waals surface area (Å²) < 4.78 is 0. The minimum absolute atomic E-state index is 0.0546. The molecule has 1 aromatic rings. The number of hydrogen-bond acceptors (Lipinski definition) is 4. The molecule has 0 bridgehead atoms. The second-order valence-corrected chi connectivity index (χ2v) is 3.01. The maximum atomic E-state index is 11.4. The van der Waals surface area contributed by atoms with Crippen molar-refractivity contribution < 1.29 is 9.72 Å². The zero-order valence-corrected chi connectivity index (χ0v) is 8.06. The van der Waals surface area contributed by atoms with Crippen molar-refractivity contribution in [3.05, 3.63) is 39.4 Å². The first kappa shape index (κ1) is 10.9. The minimum Gasteiger partial charge on any atom is -0.293 e. The van der Waals surface area contributed by atoms with Crippen LogP contribution in [0, 0.1) is 28.4 Å². The molecule has 1 rings (SSSR count). The SMILES string of the molecule is Cc1cc([N+](=O)[O-])ccc1C(=O)CC#N. The van der Waals surface area contributed by atoms with E-state index in [1.165, 1.54) is 18.2 Å². The summed E-state index contributed by atoms with van der Waals surface area (Å²) in [6, 6.07) is 5.71. The summed E-state index contributed by atoms with van der Waals surface area (Å²) in [6.07, 6.45) is -0.210. The Bertz CT molecular complexity index is 460. The lowest BCUT2D eigenvalue weighted by atomic mass is 10.0. The number of hydrogen-bond donors (Lipinski definition) is 0. The van der Waals surface area contributed by atoms with Gasteiger partial charge in [0.05, 0.1) is 17.4 Å². The van der Waals surface area contributed by atoms with Gasteiger partial charge < -0.3 is 0 Å². The molecule has 0 atom stereocenters. The van der Waals surface area contributed by atoms with Gasteiger partial charge in [0.15, 0.2) is 5.78 Å². The number of carbonyl (C=O) groups excluding carboxylic acids is 1. The Kier molecular flexibility index (Phi) is 3.13. The van der Waals surface area contributed by atoms with Crippen LogP contribution in [0.2, 0.25) is 0 Å². The Labute approximate surface area is 86.1 Å². The van der Waals surface area contributed by atoms with E-state index >= 15 is 0 Å². The number of ketones is 1. The monoisotopic (exact) mass is 204 g/mol. The molecule has 0 unspecified atom stereocenters. The van der Waals surface area contributed by atoms with Gasteiger partial charge in [0.25, 0.3) is 5.69 Å². The second kappa shape index (κ2) is 4.33. The highest BCUT2D eigenvalue weighted by Crippen LogP contribution is 2.18. The van der Waals surface area contributed by atoms with E-state index in [4.69, 9.17) is 5.26 Å². The van der Waals surface area contributed by atoms with Crippen LogP contribution in [0.25, 0.3) is 0 Å². The topological polar surface area (TPSA) is 84.0 Å². The number of benzene rings is 1. The lowest BCUT2D eigenvalue weighted by Gasteiger charge is -2.01. The van der Waals surface area contributed by atoms with Crippen molar-refractivity contribution in [2.24, 2.45) is 0 Å². The van der Waals surface area contributed by atoms with E-state index < -0.39 is 4.92 Å². The summed E-state index contributed by atoms with van der Waals surface area (Å²) in [7, 11) is 0. The summed E-state index contributed by atoms with van der Waals surface area (Å²) in [5.74, 6) is -0.315. The Morgan fingerprint density at radius 2 is 2.27 bits per heavy atom. The minimum atomic E-state index is -0.522. The molecular weight excluding hydrogens is 196 g/mol. The lowest BCUT2D eigenvalue weighted by molar-refractivity contribution is -0.384. The summed E-state index contributed by atoms with van der Waals surface area (Å²) in [5.41, 5.74) is 0.826. The van der Waals surface area contributed by atoms with Gasteiger partial charge in [-0.1, -0.05) is 0 Å². The lowest BCUT2D eigenvalue weighted by Crippen LogP contribution is -2.01. The molecular formula is C10H8N2O3. The van der Waals surface area contributed by atoms with Crippen LogP contribution in [0.5, 0.6) is 0 Å². The first-order valence-electron chi connectivity index (χ1n) is 4.21. The predicted octanol–water partition coefficient (Wildman–Crippen LogP) is 2.00. The van der Waals surface area contributed by atoms with E-state index in [0.29, 0.717) is 11.1 Å². The largest absolute Gasteiger partial charge is 0.293 e. The molecule has 1 aromatic carbocycles. The molecule has 0 aliphatic rings. The molecule has 0 aliphatic heterocycles. The number of nitro groups is 1. The summed E-state index contributed by atoms with van der Waals surface area (Å²) >= 11 is 0. The van der Waals surface area contributed by atoms with Gasteiger partial charge in [0, 0.05) is 17.7 Å². The van der Waals surface area contributed by atoms with E-state index in [-0.39, 0.29) is 17.9 Å². The van der Waals surface area contributed by atoms with Gasteiger partial charge in [-0.3, -0.25) is 14.9 Å². The molecule has 0 saturated carbocycles. The van der Waals surface area contributed by atoms with Crippen LogP contribution in [0.1, 0.15) is 22.3 Å². The average Bonchev–Trinajstić information content (AvgIpc) is 2.17. The molecule has 0 radical (unpaired) electrons. The molecule has 0 N–H and O–H groups in total. The van der Waals surface area contributed by atoms with Crippen molar-refractivity contribution in [1.29, 1.82) is 5.26 Å². The molecule has 0 fully saturated rings. The molecule has 15 heavy (non-hydrogen) atoms. The highest BCUT2D eigenvalue weighted by Gasteiger charge is 2.12. The van der Waals surface area contributed by atoms with Crippen LogP contribution in [0.15, 0.2) is 18.2 Å². The third kappa shape index (κ3) is 2.38. The number of aryl methyl sites for hydroxylation is 1. The zero-order chi connectivity index (χ0) is 11.4. The van der Waals surface area contributed by atoms with Gasteiger partial charge in [-0.2, -0.15) is 5.26 Å². The summed E-state index contributed by atoms with van der Waals surface area (Å²) in [4.78, 5) is 21.3. The second-order valence-electron chi connectivity index (χ2n) is 3.01. The molecule has 5 heteroatoms. The van der Waals surface area contributed by atoms with Gasteiger partial charge in [-0.15, -0.1) is 0 Å². The smallest absolute Gasteiger partial charge is 0.269 e. The van der Waals surface area contributed by atoms with Crippen LogP contribution in [-0.4, -0.2) is 10.7 Å². The van der Waals surface area contributed by atoms with Crippen molar-refractivity contribution in [1.82, 2.24) is 0 Å². The number of rotatable bonds is 3. The molecule has 5 nitrogen and oxygen atoms in total. The van der Waals surface area contributed by atoms with Crippen LogP contribution < -0.4 is 0 Å². The third-order valence-electron chi connectivity index (χ3n) is 1.96. The van der Waals surface area contributed by atoms with E-state index in [1.807, 2.05) is 0 Å². The van der Waals surface area contributed by atoms with Gasteiger partial charge in [0.1, 0.15) is 0 Å². The third-order valence-corrected chi connectivity index (χ3v) is 1.96. The molecule has 0 saturated heterocycles. The average molecular weight is 204 g/mol. The fourth-order valence-electron chi connectivity index (χ4n) is 1.24. The molecule has 0 heterocycles. The Morgan fingerprint density at radius 1 is 1.60 bits per heavy atom. The van der Waals surface area contributed by atoms with Crippen molar-refractivity contribution in [2.75, 3.05) is 0 Å². The standard InChI is InChI=1S/C10H8N2O3/c1-7-6-8(12(14)15)2-3-9(7)10(13)4-5-11/h2-3,6H,4H2,1H3. The number of nitrogens with zero attached hydrogens (tertiary/aromatic N) is 2. The van der Waals surface area contributed by atoms with Crippen molar-refractivity contribution in [3.8, 4) is 6.07 Å². The number of carbonyl (C=O) groups is 1. The molecule has 0 aliphatic carbocycles. The molecule has 76 valence electrons. The number of Topliss-reactive ketones (excluding diaryl/α,β-unsaturated/α-hetero) is 1. The van der Waals surface area contributed by atoms with E-state index in [2.05, 4.69) is 0 Å². The first-order chi connectivity index (χ1) is 7.06. The van der Waals surface area contributed by atoms with Crippen molar-refractivity contribution >= 4 is 11.5 Å². The van der Waals surface area contributed by atoms with Crippen LogP contribution >= 0.6 is 0 Å². The van der Waals surface area contributed by atoms with E-state index in [0.717, 1.165) is 0 Å². The highest BCUT2D eigenvalue weighted by atomic mass is 16.6. The van der Waals surface area contributed by atoms with Gasteiger partial charge in [0.2, 0.25) is 0 Å². The number of non-ortho nitro benzene ring substituents is 1. The quantitative estimate of drug-likeness (QED) is 0.428. The number of nitriles is 1. The normalized spacial score (nSPS) is 9.33. The predicted molar refractivity (Wildman–Crippen MR) is 52.4 cm³/mol. The Morgan fingerprint density at radius 3 is 2.73 bits per heavy atom. The summed E-state index contributed by atoms with van der Waals surface area (Å²) in [6.45, 7) is 1.61. The first-order valence-corrected chi connectivity index (χ1v) is 4.21. The van der Waals surface area contributed by atoms with E-state index in [9.17, 15) is 14.9 Å². The molecule has 0 aromatic heterocycles. The Hall–Kier alpha value is -2.22. The highest BCUT2D eigenvalue weighted by molar-refractivity contribution is 5.98. The molecule has 0 amide bonds. The summed E-state index contributed by atoms with van der Waals surface area (Å²) in [5, 5.41) is 18.8. The maximum absolute atomic E-state index is 11.4. The van der Waals surface area contributed by atoms with Crippen LogP contribution in [-0.2, 0) is 0 Å². The van der Waals surface area contributed by atoms with Gasteiger partial charge >= 0.3 is 0 Å². The zero-order valence-electron chi connectivity index (χ0n) is 8.06. The fourth-order valence-corrected chi connectivity index (χ4v) is 1.24. The van der Waals surface area contributed by atoms with Crippen LogP contribution in [0.3, 0.4) is 0 Å². The van der Waals surface area contributed by atoms with Gasteiger partial charge in [-0.25, -0.2) is 0 Å². The maximum Gasteiger partial charge on any atom is 0.269 e. The van der Waals surface area contributed by atoms with Gasteiger partial charge in [-0.05, 0) is 18.6 Å². The van der Waals surface area contributed by atoms with E-state index in [1.54, 1.807) is 13.0 Å². The van der Waals surface area contributed by atoms with Crippen LogP contribution in [0.4, 0.5) is 5.69 Å². The van der Waals surface area contributed by atoms with Crippen molar-refractivity contribution in [2.45, 2.75) is 13.3 Å². The number of nitro benzene ring substituents is 1.